The van der Waals surface area contributed by atoms with Gasteiger partial charge in [0.25, 0.3) is 6.01 Å². The standard InChI is InChI=1S/C10H9FN2O3/c11-6-1-2-8-7(5-6)13-10(16-8)12-4-3-9(14)15/h1-2,5H,3-4H2,(H,12,13)(H,14,15). The molecule has 2 rings (SSSR count). The lowest BCUT2D eigenvalue weighted by Crippen LogP contribution is -2.07. The lowest BCUT2D eigenvalue weighted by molar-refractivity contribution is -0.136. The highest BCUT2D eigenvalue weighted by Gasteiger charge is 2.06. The van der Waals surface area contributed by atoms with Crippen LogP contribution in [0.4, 0.5) is 10.4 Å². The van der Waals surface area contributed by atoms with Gasteiger partial charge in [0.15, 0.2) is 5.58 Å². The zero-order valence-electron chi connectivity index (χ0n) is 8.24. The van der Waals surface area contributed by atoms with Gasteiger partial charge in [-0.2, -0.15) is 4.98 Å². The Morgan fingerprint density at radius 2 is 2.38 bits per heavy atom. The number of nitrogens with zero attached hydrogens (tertiary/aromatic N) is 1. The second kappa shape index (κ2) is 4.18. The molecule has 0 atom stereocenters. The maximum atomic E-state index is 12.8. The van der Waals surface area contributed by atoms with Crippen LogP contribution in [-0.2, 0) is 4.79 Å². The molecule has 0 amide bonds. The van der Waals surface area contributed by atoms with Crippen LogP contribution >= 0.6 is 0 Å². The molecule has 0 aliphatic heterocycles. The lowest BCUT2D eigenvalue weighted by atomic mass is 10.3. The average molecular weight is 224 g/mol. The lowest BCUT2D eigenvalue weighted by Gasteiger charge is -1.96. The van der Waals surface area contributed by atoms with Crippen molar-refractivity contribution in [2.24, 2.45) is 0 Å². The minimum Gasteiger partial charge on any atom is -0.481 e. The first kappa shape index (κ1) is 10.4. The summed E-state index contributed by atoms with van der Waals surface area (Å²) in [6.07, 6.45) is -0.0346. The summed E-state index contributed by atoms with van der Waals surface area (Å²) < 4.78 is 18.0. The van der Waals surface area contributed by atoms with E-state index >= 15 is 0 Å². The molecule has 2 aromatic rings. The quantitative estimate of drug-likeness (QED) is 0.828. The van der Waals surface area contributed by atoms with Crippen molar-refractivity contribution in [3.05, 3.63) is 24.0 Å². The molecule has 0 bridgehead atoms. The summed E-state index contributed by atoms with van der Waals surface area (Å²) in [6.45, 7) is 0.213. The minimum atomic E-state index is -0.908. The molecule has 0 radical (unpaired) electrons. The number of fused-ring (bicyclic) bond motifs is 1. The number of aliphatic carboxylic acids is 1. The highest BCUT2D eigenvalue weighted by atomic mass is 19.1. The van der Waals surface area contributed by atoms with Crippen LogP contribution in [0.3, 0.4) is 0 Å². The third kappa shape index (κ3) is 2.28. The zero-order chi connectivity index (χ0) is 11.5. The molecular formula is C10H9FN2O3. The molecule has 84 valence electrons. The maximum Gasteiger partial charge on any atom is 0.305 e. The van der Waals surface area contributed by atoms with Crippen LogP contribution in [-0.4, -0.2) is 22.6 Å². The topological polar surface area (TPSA) is 75.4 Å². The highest BCUT2D eigenvalue weighted by Crippen LogP contribution is 2.19. The maximum absolute atomic E-state index is 12.8. The summed E-state index contributed by atoms with van der Waals surface area (Å²) in [7, 11) is 0. The van der Waals surface area contributed by atoms with E-state index < -0.39 is 11.8 Å². The van der Waals surface area contributed by atoms with Gasteiger partial charge in [-0.1, -0.05) is 0 Å². The van der Waals surface area contributed by atoms with Gasteiger partial charge in [-0.05, 0) is 12.1 Å². The van der Waals surface area contributed by atoms with Crippen molar-refractivity contribution in [3.63, 3.8) is 0 Å². The predicted octanol–water partition coefficient (Wildman–Crippen LogP) is 1.85. The number of carboxylic acid groups (broad SMARTS) is 1. The molecule has 5 nitrogen and oxygen atoms in total. The van der Waals surface area contributed by atoms with Gasteiger partial charge in [0, 0.05) is 12.6 Å². The first-order chi connectivity index (χ1) is 7.65. The normalized spacial score (nSPS) is 10.6. The van der Waals surface area contributed by atoms with Gasteiger partial charge in [0.2, 0.25) is 0 Å². The van der Waals surface area contributed by atoms with E-state index in [0.29, 0.717) is 11.1 Å². The summed E-state index contributed by atoms with van der Waals surface area (Å²) in [5.41, 5.74) is 0.858. The summed E-state index contributed by atoms with van der Waals surface area (Å²) in [4.78, 5) is 14.2. The summed E-state index contributed by atoms with van der Waals surface area (Å²) in [5, 5.41) is 11.1. The van der Waals surface area contributed by atoms with Crippen LogP contribution < -0.4 is 5.32 Å². The molecule has 16 heavy (non-hydrogen) atoms. The second-order valence-corrected chi connectivity index (χ2v) is 3.20. The van der Waals surface area contributed by atoms with Crippen molar-refractivity contribution in [1.29, 1.82) is 0 Å². The van der Waals surface area contributed by atoms with Crippen molar-refractivity contribution in [3.8, 4) is 0 Å². The fourth-order valence-corrected chi connectivity index (χ4v) is 1.25. The molecular weight excluding hydrogens is 215 g/mol. The zero-order valence-corrected chi connectivity index (χ0v) is 8.24. The number of halogens is 1. The molecule has 0 aliphatic rings. The number of hydrogen-bond acceptors (Lipinski definition) is 4. The van der Waals surface area contributed by atoms with E-state index in [-0.39, 0.29) is 19.0 Å². The van der Waals surface area contributed by atoms with E-state index in [1.54, 1.807) is 0 Å². The summed E-state index contributed by atoms with van der Waals surface area (Å²) in [6, 6.07) is 4.19. The van der Waals surface area contributed by atoms with Gasteiger partial charge in [-0.25, -0.2) is 4.39 Å². The number of hydrogen-bond donors (Lipinski definition) is 2. The number of carbonyl (C=O) groups is 1. The molecule has 2 N–H and O–H groups in total. The van der Waals surface area contributed by atoms with E-state index in [1.807, 2.05) is 0 Å². The monoisotopic (exact) mass is 224 g/mol. The van der Waals surface area contributed by atoms with E-state index in [1.165, 1.54) is 18.2 Å². The third-order valence-corrected chi connectivity index (χ3v) is 1.96. The fraction of sp³-hybridized carbons (Fsp3) is 0.200. The fourth-order valence-electron chi connectivity index (χ4n) is 1.25. The first-order valence-electron chi connectivity index (χ1n) is 4.67. The molecule has 1 aromatic heterocycles. The molecule has 0 fully saturated rings. The Morgan fingerprint density at radius 1 is 1.56 bits per heavy atom. The van der Waals surface area contributed by atoms with Crippen molar-refractivity contribution in [2.75, 3.05) is 11.9 Å². The molecule has 0 saturated carbocycles. The van der Waals surface area contributed by atoms with Gasteiger partial charge in [-0.15, -0.1) is 0 Å². The Labute approximate surface area is 89.9 Å². The number of benzene rings is 1. The van der Waals surface area contributed by atoms with Crippen LogP contribution in [0, 0.1) is 5.82 Å². The third-order valence-electron chi connectivity index (χ3n) is 1.96. The van der Waals surface area contributed by atoms with Gasteiger partial charge in [-0.3, -0.25) is 4.79 Å². The molecule has 0 spiro atoms. The van der Waals surface area contributed by atoms with Gasteiger partial charge >= 0.3 is 5.97 Å². The molecule has 0 aliphatic carbocycles. The van der Waals surface area contributed by atoms with E-state index in [9.17, 15) is 9.18 Å². The largest absolute Gasteiger partial charge is 0.481 e. The second-order valence-electron chi connectivity index (χ2n) is 3.20. The van der Waals surface area contributed by atoms with Crippen molar-refractivity contribution in [2.45, 2.75) is 6.42 Å². The number of aromatic nitrogens is 1. The minimum absolute atomic E-state index is 0.0346. The Bertz CT molecular complexity index is 524. The van der Waals surface area contributed by atoms with E-state index in [0.717, 1.165) is 0 Å². The van der Waals surface area contributed by atoms with Gasteiger partial charge in [0.05, 0.1) is 6.42 Å². The number of oxazole rings is 1. The average Bonchev–Trinajstić information content (AvgIpc) is 2.58. The Kier molecular flexibility index (Phi) is 2.72. The van der Waals surface area contributed by atoms with Crippen molar-refractivity contribution in [1.82, 2.24) is 4.98 Å². The SMILES string of the molecule is O=C(O)CCNc1nc2cc(F)ccc2o1. The summed E-state index contributed by atoms with van der Waals surface area (Å²) in [5.74, 6) is -1.30. The van der Waals surface area contributed by atoms with Crippen LogP contribution in [0.1, 0.15) is 6.42 Å². The Morgan fingerprint density at radius 3 is 3.12 bits per heavy atom. The molecule has 0 unspecified atom stereocenters. The van der Waals surface area contributed by atoms with Gasteiger partial charge < -0.3 is 14.8 Å². The number of anilines is 1. The molecule has 0 saturated heterocycles. The van der Waals surface area contributed by atoms with Crippen LogP contribution in [0.25, 0.3) is 11.1 Å². The van der Waals surface area contributed by atoms with Crippen LogP contribution in [0.5, 0.6) is 0 Å². The summed E-state index contributed by atoms with van der Waals surface area (Å²) >= 11 is 0. The molecule has 1 aromatic carbocycles. The number of carboxylic acids is 1. The smallest absolute Gasteiger partial charge is 0.305 e. The van der Waals surface area contributed by atoms with E-state index in [2.05, 4.69) is 10.3 Å². The number of rotatable bonds is 4. The van der Waals surface area contributed by atoms with Gasteiger partial charge in [0.1, 0.15) is 11.3 Å². The van der Waals surface area contributed by atoms with Crippen LogP contribution in [0.15, 0.2) is 22.6 Å². The highest BCUT2D eigenvalue weighted by molar-refractivity contribution is 5.74. The molecule has 1 heterocycles. The number of nitrogens with one attached hydrogen (secondary N) is 1. The van der Waals surface area contributed by atoms with Crippen molar-refractivity contribution >= 4 is 23.1 Å². The predicted molar refractivity (Wildman–Crippen MR) is 54.7 cm³/mol. The van der Waals surface area contributed by atoms with E-state index in [4.69, 9.17) is 9.52 Å². The Balaban J connectivity index is 2.10. The first-order valence-corrected chi connectivity index (χ1v) is 4.67. The van der Waals surface area contributed by atoms with Crippen molar-refractivity contribution < 1.29 is 18.7 Å². The van der Waals surface area contributed by atoms with Crippen LogP contribution in [0.2, 0.25) is 0 Å². The Hall–Kier alpha value is -2.11. The molecule has 6 heteroatoms.